The van der Waals surface area contributed by atoms with Crippen molar-refractivity contribution in [3.63, 3.8) is 0 Å². The summed E-state index contributed by atoms with van der Waals surface area (Å²) < 4.78 is 29.2. The molecule has 2 fully saturated rings. The summed E-state index contributed by atoms with van der Waals surface area (Å²) >= 11 is 2.33. The van der Waals surface area contributed by atoms with Crippen LogP contribution >= 0.6 is 23.5 Å². The van der Waals surface area contributed by atoms with E-state index in [1.807, 2.05) is 4.90 Å². The van der Waals surface area contributed by atoms with Gasteiger partial charge in [-0.05, 0) is 38.7 Å². The fourth-order valence-corrected chi connectivity index (χ4v) is 6.96. The van der Waals surface area contributed by atoms with Gasteiger partial charge < -0.3 is 14.9 Å². The van der Waals surface area contributed by atoms with Crippen LogP contribution in [0.1, 0.15) is 58.9 Å². The number of carboxylic acid groups (broad SMARTS) is 1. The molecular weight excluding hydrogens is 492 g/mol. The van der Waals surface area contributed by atoms with Crippen molar-refractivity contribution in [3.8, 4) is 0 Å². The van der Waals surface area contributed by atoms with Gasteiger partial charge in [0.2, 0.25) is 5.91 Å². The molecule has 0 aliphatic carbocycles. The van der Waals surface area contributed by atoms with Crippen molar-refractivity contribution in [1.82, 2.24) is 9.80 Å². The van der Waals surface area contributed by atoms with Gasteiger partial charge in [0, 0.05) is 49.9 Å². The standard InChI is InChI=1S/C25H37F2N3O3S2/c1-24(2,3)7-8-30-21(33)23(34-15-19(31)32)35-22(30)17-13-16(26)14-18(27)20(17)28-9-11-29(12-10-28)25(4,5)6/h13-14,22-23H,7-12,15H2,1-6H3,(H,31,32). The highest BCUT2D eigenvalue weighted by Gasteiger charge is 2.44. The minimum atomic E-state index is -0.998. The van der Waals surface area contributed by atoms with Crippen LogP contribution in [0, 0.1) is 17.0 Å². The summed E-state index contributed by atoms with van der Waals surface area (Å²) in [4.78, 5) is 30.4. The highest BCUT2D eigenvalue weighted by atomic mass is 32.2. The largest absolute Gasteiger partial charge is 0.481 e. The number of carbonyl (C=O) groups is 2. The van der Waals surface area contributed by atoms with Crippen molar-refractivity contribution in [2.45, 2.75) is 63.5 Å². The second-order valence-electron chi connectivity index (χ2n) is 11.3. The van der Waals surface area contributed by atoms with E-state index in [-0.39, 0.29) is 22.6 Å². The minimum absolute atomic E-state index is 0.00231. The van der Waals surface area contributed by atoms with E-state index in [1.165, 1.54) is 17.8 Å². The first-order valence-corrected chi connectivity index (χ1v) is 13.9. The number of amides is 1. The fraction of sp³-hybridized carbons (Fsp3) is 0.680. The third-order valence-corrected chi connectivity index (χ3v) is 9.22. The van der Waals surface area contributed by atoms with Crippen LogP contribution in [0.4, 0.5) is 14.5 Å². The molecule has 3 rings (SSSR count). The topological polar surface area (TPSA) is 64.1 Å². The van der Waals surface area contributed by atoms with Gasteiger partial charge in [0.1, 0.15) is 21.6 Å². The first-order valence-electron chi connectivity index (χ1n) is 12.0. The Bertz CT molecular complexity index is 941. The third-order valence-electron chi connectivity index (χ3n) is 6.35. The molecule has 196 valence electrons. The van der Waals surface area contributed by atoms with Gasteiger partial charge in [-0.3, -0.25) is 14.5 Å². The molecule has 2 aliphatic rings. The monoisotopic (exact) mass is 529 g/mol. The van der Waals surface area contributed by atoms with Crippen LogP contribution in [0.2, 0.25) is 0 Å². The highest BCUT2D eigenvalue weighted by Crippen LogP contribution is 2.50. The van der Waals surface area contributed by atoms with Gasteiger partial charge in [0.05, 0.1) is 11.4 Å². The number of hydrogen-bond acceptors (Lipinski definition) is 6. The number of benzene rings is 1. The highest BCUT2D eigenvalue weighted by molar-refractivity contribution is 8.18. The maximum atomic E-state index is 15.3. The van der Waals surface area contributed by atoms with Gasteiger partial charge in [-0.25, -0.2) is 8.78 Å². The lowest BCUT2D eigenvalue weighted by atomic mass is 9.92. The Balaban J connectivity index is 1.95. The minimum Gasteiger partial charge on any atom is -0.481 e. The van der Waals surface area contributed by atoms with E-state index in [4.69, 9.17) is 5.11 Å². The Kier molecular flexibility index (Phi) is 8.69. The number of anilines is 1. The lowest BCUT2D eigenvalue weighted by molar-refractivity contribution is -0.133. The van der Waals surface area contributed by atoms with E-state index in [1.54, 1.807) is 4.90 Å². The normalized spacial score (nSPS) is 22.2. The van der Waals surface area contributed by atoms with Crippen molar-refractivity contribution < 1.29 is 23.5 Å². The molecule has 0 aromatic heterocycles. The van der Waals surface area contributed by atoms with Gasteiger partial charge >= 0.3 is 5.97 Å². The Hall–Kier alpha value is -1.52. The first-order chi connectivity index (χ1) is 16.2. The second kappa shape index (κ2) is 10.8. The number of aliphatic carboxylic acids is 1. The molecular formula is C25H37F2N3O3S2. The Labute approximate surface area is 215 Å². The summed E-state index contributed by atoms with van der Waals surface area (Å²) in [6.07, 6.45) is 0.712. The molecule has 0 bridgehead atoms. The molecule has 2 atom stereocenters. The average molecular weight is 530 g/mol. The van der Waals surface area contributed by atoms with Crippen LogP contribution in [0.5, 0.6) is 0 Å². The maximum absolute atomic E-state index is 15.3. The van der Waals surface area contributed by atoms with Crippen LogP contribution < -0.4 is 4.90 Å². The Morgan fingerprint density at radius 1 is 1.11 bits per heavy atom. The number of carbonyl (C=O) groups excluding carboxylic acids is 1. The van der Waals surface area contributed by atoms with Crippen LogP contribution in [0.25, 0.3) is 0 Å². The summed E-state index contributed by atoms with van der Waals surface area (Å²) in [5.74, 6) is -2.71. The molecule has 1 N–H and O–H groups in total. The zero-order chi connectivity index (χ0) is 26.1. The van der Waals surface area contributed by atoms with E-state index in [0.29, 0.717) is 37.3 Å². The van der Waals surface area contributed by atoms with E-state index in [9.17, 15) is 14.0 Å². The maximum Gasteiger partial charge on any atom is 0.313 e. The van der Waals surface area contributed by atoms with E-state index >= 15 is 4.39 Å². The van der Waals surface area contributed by atoms with Gasteiger partial charge in [-0.2, -0.15) is 0 Å². The first kappa shape index (κ1) is 28.1. The summed E-state index contributed by atoms with van der Waals surface area (Å²) in [5.41, 5.74) is 0.746. The van der Waals surface area contributed by atoms with Crippen molar-refractivity contribution in [2.75, 3.05) is 43.4 Å². The molecule has 2 saturated heterocycles. The number of piperazine rings is 1. The van der Waals surface area contributed by atoms with Crippen LogP contribution in [0.3, 0.4) is 0 Å². The molecule has 1 aromatic rings. The predicted molar refractivity (Wildman–Crippen MR) is 140 cm³/mol. The summed E-state index contributed by atoms with van der Waals surface area (Å²) in [5, 5.41) is 8.53. The van der Waals surface area contributed by atoms with Crippen molar-refractivity contribution in [2.24, 2.45) is 5.41 Å². The Morgan fingerprint density at radius 2 is 1.74 bits per heavy atom. The van der Waals surface area contributed by atoms with Gasteiger partial charge in [0.15, 0.2) is 0 Å². The molecule has 1 aromatic carbocycles. The Morgan fingerprint density at radius 3 is 2.29 bits per heavy atom. The molecule has 6 nitrogen and oxygen atoms in total. The molecule has 0 radical (unpaired) electrons. The van der Waals surface area contributed by atoms with Gasteiger partial charge in [0.25, 0.3) is 0 Å². The predicted octanol–water partition coefficient (Wildman–Crippen LogP) is 5.04. The van der Waals surface area contributed by atoms with E-state index in [2.05, 4.69) is 46.4 Å². The van der Waals surface area contributed by atoms with Crippen molar-refractivity contribution >= 4 is 41.1 Å². The lowest BCUT2D eigenvalue weighted by Crippen LogP contribution is -2.53. The van der Waals surface area contributed by atoms with Gasteiger partial charge in [-0.1, -0.05) is 20.8 Å². The number of hydrogen-bond donors (Lipinski definition) is 1. The molecule has 35 heavy (non-hydrogen) atoms. The smallest absolute Gasteiger partial charge is 0.313 e. The van der Waals surface area contributed by atoms with Crippen molar-refractivity contribution in [1.29, 1.82) is 0 Å². The van der Waals surface area contributed by atoms with E-state index < -0.39 is 27.6 Å². The molecule has 2 unspecified atom stereocenters. The number of halogens is 2. The van der Waals surface area contributed by atoms with Crippen LogP contribution in [-0.4, -0.2) is 75.4 Å². The zero-order valence-corrected chi connectivity index (χ0v) is 23.1. The van der Waals surface area contributed by atoms with E-state index in [0.717, 1.165) is 30.9 Å². The van der Waals surface area contributed by atoms with Crippen LogP contribution in [-0.2, 0) is 9.59 Å². The average Bonchev–Trinajstić information content (AvgIpc) is 3.04. The molecule has 2 heterocycles. The molecule has 10 heteroatoms. The number of carboxylic acids is 1. The SMILES string of the molecule is CC(C)(C)CCN1C(=O)C(SCC(=O)O)SC1c1cc(F)cc(F)c1N1CCN(C(C)(C)C)CC1. The molecule has 1 amide bonds. The number of rotatable bonds is 7. The lowest BCUT2D eigenvalue weighted by Gasteiger charge is -2.43. The summed E-state index contributed by atoms with van der Waals surface area (Å²) in [7, 11) is 0. The molecule has 0 spiro atoms. The number of nitrogens with zero attached hydrogens (tertiary/aromatic N) is 3. The quantitative estimate of drug-likeness (QED) is 0.531. The third kappa shape index (κ3) is 7.04. The van der Waals surface area contributed by atoms with Crippen molar-refractivity contribution in [3.05, 3.63) is 29.3 Å². The summed E-state index contributed by atoms with van der Waals surface area (Å²) in [6, 6.07) is 2.25. The van der Waals surface area contributed by atoms with Gasteiger partial charge in [-0.15, -0.1) is 23.5 Å². The van der Waals surface area contributed by atoms with Crippen LogP contribution in [0.15, 0.2) is 12.1 Å². The number of thioether (sulfide) groups is 2. The fourth-order valence-electron chi connectivity index (χ4n) is 4.39. The summed E-state index contributed by atoms with van der Waals surface area (Å²) in [6.45, 7) is 15.8. The molecule has 0 saturated carbocycles. The zero-order valence-electron chi connectivity index (χ0n) is 21.4. The second-order valence-corrected chi connectivity index (χ2v) is 13.9. The molecule has 2 aliphatic heterocycles.